The van der Waals surface area contributed by atoms with Gasteiger partial charge in [-0.3, -0.25) is 4.98 Å². The van der Waals surface area contributed by atoms with Crippen molar-refractivity contribution < 1.29 is 0 Å². The van der Waals surface area contributed by atoms with Gasteiger partial charge in [0, 0.05) is 17.0 Å². The first-order valence-corrected chi connectivity index (χ1v) is 5.09. The van der Waals surface area contributed by atoms with Crippen molar-refractivity contribution in [1.29, 1.82) is 0 Å². The normalized spacial score (nSPS) is 11.0. The maximum Gasteiger partial charge on any atom is 0.0708 e. The molecule has 3 aromatic rings. The van der Waals surface area contributed by atoms with E-state index < -0.39 is 0 Å². The Hall–Kier alpha value is -1.89. The molecule has 0 radical (unpaired) electrons. The van der Waals surface area contributed by atoms with Crippen LogP contribution in [0.5, 0.6) is 0 Å². The van der Waals surface area contributed by atoms with Gasteiger partial charge in [0.2, 0.25) is 0 Å². The fourth-order valence-corrected chi connectivity index (χ4v) is 2.10. The van der Waals surface area contributed by atoms with Crippen LogP contribution in [0.4, 0.5) is 0 Å². The molecule has 0 bridgehead atoms. The lowest BCUT2D eigenvalue weighted by Crippen LogP contribution is -1.84. The summed E-state index contributed by atoms with van der Waals surface area (Å²) in [7, 11) is 0. The first-order chi connectivity index (χ1) is 7.36. The van der Waals surface area contributed by atoms with Crippen LogP contribution in [-0.2, 0) is 0 Å². The summed E-state index contributed by atoms with van der Waals surface area (Å²) in [5, 5.41) is 3.78. The van der Waals surface area contributed by atoms with E-state index in [4.69, 9.17) is 0 Å². The SMILES string of the molecule is Cc1cccc2cnc3ccccc3c12. The quantitative estimate of drug-likeness (QED) is 0.496. The molecular formula is C14H11N. The Bertz CT molecular complexity index is 641. The number of fused-ring (bicyclic) bond motifs is 3. The zero-order chi connectivity index (χ0) is 10.3. The van der Waals surface area contributed by atoms with Gasteiger partial charge in [0.25, 0.3) is 0 Å². The van der Waals surface area contributed by atoms with E-state index in [2.05, 4.69) is 48.3 Å². The van der Waals surface area contributed by atoms with Crippen molar-refractivity contribution in [1.82, 2.24) is 4.98 Å². The maximum atomic E-state index is 4.45. The van der Waals surface area contributed by atoms with Crippen molar-refractivity contribution in [3.8, 4) is 0 Å². The third-order valence-corrected chi connectivity index (χ3v) is 2.82. The van der Waals surface area contributed by atoms with Gasteiger partial charge in [-0.05, 0) is 23.9 Å². The zero-order valence-corrected chi connectivity index (χ0v) is 8.57. The van der Waals surface area contributed by atoms with E-state index in [9.17, 15) is 0 Å². The second-order valence-electron chi connectivity index (χ2n) is 3.81. The number of aryl methyl sites for hydroxylation is 1. The van der Waals surface area contributed by atoms with Gasteiger partial charge in [-0.15, -0.1) is 0 Å². The highest BCUT2D eigenvalue weighted by Crippen LogP contribution is 2.25. The molecule has 1 aromatic heterocycles. The number of hydrogen-bond donors (Lipinski definition) is 0. The van der Waals surface area contributed by atoms with E-state index in [1.807, 2.05) is 12.3 Å². The number of aromatic nitrogens is 1. The minimum absolute atomic E-state index is 1.07. The largest absolute Gasteiger partial charge is 0.256 e. The Morgan fingerprint density at radius 3 is 2.73 bits per heavy atom. The zero-order valence-electron chi connectivity index (χ0n) is 8.57. The molecule has 0 unspecified atom stereocenters. The van der Waals surface area contributed by atoms with Gasteiger partial charge in [-0.1, -0.05) is 36.4 Å². The molecule has 3 rings (SSSR count). The molecule has 0 N–H and O–H groups in total. The first-order valence-electron chi connectivity index (χ1n) is 5.09. The number of para-hydroxylation sites is 1. The standard InChI is InChI=1S/C14H11N/c1-10-5-4-6-11-9-15-13-8-3-2-7-12(13)14(10)11/h2-9H,1H3. The summed E-state index contributed by atoms with van der Waals surface area (Å²) in [6, 6.07) is 14.6. The summed E-state index contributed by atoms with van der Waals surface area (Å²) < 4.78 is 0. The molecular weight excluding hydrogens is 182 g/mol. The minimum Gasteiger partial charge on any atom is -0.256 e. The van der Waals surface area contributed by atoms with Crippen molar-refractivity contribution in [3.63, 3.8) is 0 Å². The molecule has 0 aliphatic rings. The number of nitrogens with zero attached hydrogens (tertiary/aromatic N) is 1. The summed E-state index contributed by atoms with van der Waals surface area (Å²) in [5.74, 6) is 0. The Morgan fingerprint density at radius 2 is 1.80 bits per heavy atom. The van der Waals surface area contributed by atoms with Gasteiger partial charge < -0.3 is 0 Å². The monoisotopic (exact) mass is 193 g/mol. The Morgan fingerprint density at radius 1 is 0.933 bits per heavy atom. The molecule has 1 heteroatoms. The Labute approximate surface area is 88.4 Å². The lowest BCUT2D eigenvalue weighted by Gasteiger charge is -2.05. The van der Waals surface area contributed by atoms with Crippen LogP contribution in [0.3, 0.4) is 0 Å². The molecule has 0 saturated heterocycles. The Balaban J connectivity index is 2.64. The molecule has 72 valence electrons. The predicted molar refractivity (Wildman–Crippen MR) is 64.0 cm³/mol. The van der Waals surface area contributed by atoms with Crippen LogP contribution in [0.2, 0.25) is 0 Å². The molecule has 15 heavy (non-hydrogen) atoms. The summed E-state index contributed by atoms with van der Waals surface area (Å²) in [6.45, 7) is 2.15. The van der Waals surface area contributed by atoms with Crippen LogP contribution in [0.25, 0.3) is 21.7 Å². The van der Waals surface area contributed by atoms with Crippen molar-refractivity contribution in [2.45, 2.75) is 6.92 Å². The summed E-state index contributed by atoms with van der Waals surface area (Å²) in [6.07, 6.45) is 1.95. The van der Waals surface area contributed by atoms with Gasteiger partial charge in [0.05, 0.1) is 5.52 Å². The first kappa shape index (κ1) is 8.42. The molecule has 0 aliphatic carbocycles. The van der Waals surface area contributed by atoms with E-state index in [0.29, 0.717) is 0 Å². The van der Waals surface area contributed by atoms with E-state index in [1.54, 1.807) is 0 Å². The van der Waals surface area contributed by atoms with Gasteiger partial charge in [0.15, 0.2) is 0 Å². The van der Waals surface area contributed by atoms with Crippen molar-refractivity contribution >= 4 is 21.7 Å². The van der Waals surface area contributed by atoms with Crippen LogP contribution in [0.1, 0.15) is 5.56 Å². The second kappa shape index (κ2) is 3.06. The van der Waals surface area contributed by atoms with Crippen molar-refractivity contribution in [3.05, 3.63) is 54.2 Å². The van der Waals surface area contributed by atoms with Gasteiger partial charge in [0.1, 0.15) is 0 Å². The molecule has 0 amide bonds. The fourth-order valence-electron chi connectivity index (χ4n) is 2.10. The van der Waals surface area contributed by atoms with Crippen LogP contribution < -0.4 is 0 Å². The van der Waals surface area contributed by atoms with E-state index in [0.717, 1.165) is 5.52 Å². The minimum atomic E-state index is 1.07. The molecule has 0 fully saturated rings. The summed E-state index contributed by atoms with van der Waals surface area (Å²) in [4.78, 5) is 4.45. The molecule has 0 spiro atoms. The average molecular weight is 193 g/mol. The van der Waals surface area contributed by atoms with Gasteiger partial charge >= 0.3 is 0 Å². The third-order valence-electron chi connectivity index (χ3n) is 2.82. The smallest absolute Gasteiger partial charge is 0.0708 e. The van der Waals surface area contributed by atoms with Gasteiger partial charge in [-0.2, -0.15) is 0 Å². The van der Waals surface area contributed by atoms with E-state index in [1.165, 1.54) is 21.7 Å². The summed E-state index contributed by atoms with van der Waals surface area (Å²) >= 11 is 0. The fraction of sp³-hybridized carbons (Fsp3) is 0.0714. The van der Waals surface area contributed by atoms with Crippen LogP contribution in [0, 0.1) is 6.92 Å². The van der Waals surface area contributed by atoms with E-state index in [-0.39, 0.29) is 0 Å². The molecule has 2 aromatic carbocycles. The van der Waals surface area contributed by atoms with E-state index >= 15 is 0 Å². The highest BCUT2D eigenvalue weighted by atomic mass is 14.6. The molecule has 0 atom stereocenters. The molecule has 0 saturated carbocycles. The van der Waals surface area contributed by atoms with Crippen molar-refractivity contribution in [2.75, 3.05) is 0 Å². The maximum absolute atomic E-state index is 4.45. The topological polar surface area (TPSA) is 12.9 Å². The molecule has 1 heterocycles. The summed E-state index contributed by atoms with van der Waals surface area (Å²) in [5.41, 5.74) is 2.38. The van der Waals surface area contributed by atoms with Crippen molar-refractivity contribution in [2.24, 2.45) is 0 Å². The lowest BCUT2D eigenvalue weighted by atomic mass is 10.0. The number of pyridine rings is 1. The molecule has 1 nitrogen and oxygen atoms in total. The second-order valence-corrected chi connectivity index (χ2v) is 3.81. The lowest BCUT2D eigenvalue weighted by molar-refractivity contribution is 1.43. The third kappa shape index (κ3) is 1.20. The number of hydrogen-bond acceptors (Lipinski definition) is 1. The predicted octanol–water partition coefficient (Wildman–Crippen LogP) is 3.70. The highest BCUT2D eigenvalue weighted by molar-refractivity contribution is 6.06. The highest BCUT2D eigenvalue weighted by Gasteiger charge is 2.02. The van der Waals surface area contributed by atoms with Crippen LogP contribution in [-0.4, -0.2) is 4.98 Å². The number of rotatable bonds is 0. The van der Waals surface area contributed by atoms with Crippen LogP contribution >= 0.6 is 0 Å². The van der Waals surface area contributed by atoms with Gasteiger partial charge in [-0.25, -0.2) is 0 Å². The van der Waals surface area contributed by atoms with Crippen LogP contribution in [0.15, 0.2) is 48.7 Å². The Kier molecular flexibility index (Phi) is 1.72. The number of benzene rings is 2. The molecule has 0 aliphatic heterocycles. The average Bonchev–Trinajstić information content (AvgIpc) is 2.29.